The number of nitrogens with zero attached hydrogens (tertiary/aromatic N) is 4. The van der Waals surface area contributed by atoms with Crippen LogP contribution in [-0.4, -0.2) is 18.9 Å². The van der Waals surface area contributed by atoms with E-state index in [1.165, 1.54) is 38.1 Å². The fraction of sp³-hybridized carbons (Fsp3) is 0.0370. The van der Waals surface area contributed by atoms with Crippen LogP contribution in [0.1, 0.15) is 5.56 Å². The van der Waals surface area contributed by atoms with Crippen LogP contribution >= 0.6 is 0 Å². The summed E-state index contributed by atoms with van der Waals surface area (Å²) in [6, 6.07) is 25.6. The molecular weight excluding hydrogens is 380 g/mol. The number of rotatable bonds is 2. The zero-order valence-electron chi connectivity index (χ0n) is 16.9. The fourth-order valence-corrected chi connectivity index (χ4v) is 4.98. The van der Waals surface area contributed by atoms with Crippen LogP contribution in [0.2, 0.25) is 0 Å². The molecule has 31 heavy (non-hydrogen) atoms. The van der Waals surface area contributed by atoms with Crippen LogP contribution in [0.25, 0.3) is 55.3 Å². The van der Waals surface area contributed by atoms with E-state index in [0.717, 1.165) is 22.7 Å². The van der Waals surface area contributed by atoms with E-state index in [0.29, 0.717) is 0 Å². The minimum atomic E-state index is 0.955. The van der Waals surface area contributed by atoms with E-state index in [4.69, 9.17) is 0 Å². The highest BCUT2D eigenvalue weighted by molar-refractivity contribution is 6.23. The summed E-state index contributed by atoms with van der Waals surface area (Å²) in [5.41, 5.74) is 7.98. The van der Waals surface area contributed by atoms with Crippen LogP contribution < -0.4 is 0 Å². The molecule has 0 spiro atoms. The van der Waals surface area contributed by atoms with Gasteiger partial charge in [0.25, 0.3) is 0 Å². The van der Waals surface area contributed by atoms with Gasteiger partial charge in [-0.1, -0.05) is 36.4 Å². The Kier molecular flexibility index (Phi) is 3.17. The average Bonchev–Trinajstić information content (AvgIpc) is 3.45. The maximum Gasteiger partial charge on any atom is 0.131 e. The van der Waals surface area contributed by atoms with Gasteiger partial charge in [-0.05, 0) is 48.9 Å². The van der Waals surface area contributed by atoms with E-state index in [1.54, 1.807) is 0 Å². The van der Waals surface area contributed by atoms with Gasteiger partial charge in [0.15, 0.2) is 0 Å². The Balaban J connectivity index is 1.76. The van der Waals surface area contributed by atoms with Gasteiger partial charge in [0.2, 0.25) is 0 Å². The van der Waals surface area contributed by atoms with Crippen molar-refractivity contribution in [1.29, 1.82) is 0 Å². The molecule has 0 atom stereocenters. The number of pyridine rings is 2. The summed E-state index contributed by atoms with van der Waals surface area (Å²) in [4.78, 5) is 9.28. The summed E-state index contributed by atoms with van der Waals surface area (Å²) in [6.45, 7) is 2.13. The zero-order chi connectivity index (χ0) is 20.5. The Morgan fingerprint density at radius 1 is 0.742 bits per heavy atom. The monoisotopic (exact) mass is 398 g/mol. The number of hydrogen-bond acceptors (Lipinski definition) is 2. The Morgan fingerprint density at radius 2 is 1.58 bits per heavy atom. The lowest BCUT2D eigenvalue weighted by atomic mass is 10.1. The topological polar surface area (TPSA) is 35.1 Å². The highest BCUT2D eigenvalue weighted by Crippen LogP contribution is 2.42. The molecule has 4 heteroatoms. The van der Waals surface area contributed by atoms with Gasteiger partial charge in [-0.25, -0.2) is 0 Å². The van der Waals surface area contributed by atoms with Crippen molar-refractivity contribution in [1.82, 2.24) is 18.9 Å². The molecule has 0 aliphatic rings. The largest absolute Gasteiger partial charge is 0.294 e. The molecule has 0 fully saturated rings. The molecule has 0 N–H and O–H groups in total. The van der Waals surface area contributed by atoms with Crippen LogP contribution in [0, 0.1) is 6.92 Å². The number of aromatic nitrogens is 4. The Hall–Kier alpha value is -4.18. The molecule has 7 aromatic rings. The molecule has 0 amide bonds. The number of aryl methyl sites for hydroxylation is 1. The minimum absolute atomic E-state index is 0.955. The minimum Gasteiger partial charge on any atom is -0.294 e. The molecule has 5 aromatic heterocycles. The van der Waals surface area contributed by atoms with Crippen molar-refractivity contribution in [2.45, 2.75) is 6.92 Å². The molecule has 0 bridgehead atoms. The summed E-state index contributed by atoms with van der Waals surface area (Å²) in [5.74, 6) is 0. The quantitative estimate of drug-likeness (QED) is 0.338. The van der Waals surface area contributed by atoms with Crippen LogP contribution in [0.4, 0.5) is 0 Å². The number of benzene rings is 2. The molecule has 0 unspecified atom stereocenters. The predicted molar refractivity (Wildman–Crippen MR) is 126 cm³/mol. The number of para-hydroxylation sites is 1. The maximum absolute atomic E-state index is 4.68. The zero-order valence-corrected chi connectivity index (χ0v) is 16.9. The molecule has 4 nitrogen and oxygen atoms in total. The van der Waals surface area contributed by atoms with Gasteiger partial charge in [0, 0.05) is 45.8 Å². The van der Waals surface area contributed by atoms with Gasteiger partial charge >= 0.3 is 0 Å². The molecule has 0 aliphatic carbocycles. The first-order valence-electron chi connectivity index (χ1n) is 10.4. The van der Waals surface area contributed by atoms with Crippen molar-refractivity contribution in [3.05, 3.63) is 97.0 Å². The molecule has 7 rings (SSSR count). The van der Waals surface area contributed by atoms with Gasteiger partial charge in [0.1, 0.15) is 5.65 Å². The molecule has 0 radical (unpaired) electrons. The lowest BCUT2D eigenvalue weighted by Gasteiger charge is -2.12. The highest BCUT2D eigenvalue weighted by atomic mass is 15.1. The molecule has 0 saturated carbocycles. The smallest absolute Gasteiger partial charge is 0.131 e. The maximum atomic E-state index is 4.68. The van der Waals surface area contributed by atoms with E-state index in [9.17, 15) is 0 Å². The third kappa shape index (κ3) is 2.14. The van der Waals surface area contributed by atoms with Crippen molar-refractivity contribution in [2.24, 2.45) is 0 Å². The number of fused-ring (bicyclic) bond motifs is 6. The van der Waals surface area contributed by atoms with E-state index in [-0.39, 0.29) is 0 Å². The van der Waals surface area contributed by atoms with Gasteiger partial charge in [-0.3, -0.25) is 18.9 Å². The molecule has 0 saturated heterocycles. The molecular formula is C27H18N4. The second kappa shape index (κ2) is 5.92. The SMILES string of the molecule is Cc1cccc(-n2c(-c3ccccn3)cc3c4cncc5c6ccccc6n(c54)c32)c1. The van der Waals surface area contributed by atoms with Crippen molar-refractivity contribution < 1.29 is 0 Å². The van der Waals surface area contributed by atoms with Crippen LogP contribution in [0.5, 0.6) is 0 Å². The third-order valence-electron chi connectivity index (χ3n) is 6.24. The van der Waals surface area contributed by atoms with Gasteiger partial charge < -0.3 is 0 Å². The van der Waals surface area contributed by atoms with E-state index in [1.807, 2.05) is 30.7 Å². The van der Waals surface area contributed by atoms with Crippen LogP contribution in [0.15, 0.2) is 91.4 Å². The Morgan fingerprint density at radius 3 is 2.42 bits per heavy atom. The first-order chi connectivity index (χ1) is 15.3. The van der Waals surface area contributed by atoms with Crippen molar-refractivity contribution in [2.75, 3.05) is 0 Å². The van der Waals surface area contributed by atoms with Crippen molar-refractivity contribution >= 4 is 38.2 Å². The molecule has 2 aromatic carbocycles. The lowest BCUT2D eigenvalue weighted by Crippen LogP contribution is -2.00. The lowest BCUT2D eigenvalue weighted by molar-refractivity contribution is 1.07. The van der Waals surface area contributed by atoms with Crippen molar-refractivity contribution in [3.63, 3.8) is 0 Å². The fourth-order valence-electron chi connectivity index (χ4n) is 4.98. The van der Waals surface area contributed by atoms with E-state index in [2.05, 4.69) is 86.5 Å². The first-order valence-corrected chi connectivity index (χ1v) is 10.4. The summed E-state index contributed by atoms with van der Waals surface area (Å²) in [7, 11) is 0. The average molecular weight is 398 g/mol. The van der Waals surface area contributed by atoms with Crippen LogP contribution in [-0.2, 0) is 0 Å². The van der Waals surface area contributed by atoms with Gasteiger partial charge in [-0.2, -0.15) is 0 Å². The number of hydrogen-bond donors (Lipinski definition) is 0. The standard InChI is InChI=1S/C27H18N4/c1-17-7-6-8-18(13-17)30-25(23-10-4-5-12-29-23)14-20-22-16-28-15-21-19-9-2-3-11-24(19)31(26(21)22)27(20)30/h2-16H,1H3. The second-order valence-electron chi connectivity index (χ2n) is 8.09. The summed E-state index contributed by atoms with van der Waals surface area (Å²) in [6.07, 6.45) is 5.83. The summed E-state index contributed by atoms with van der Waals surface area (Å²) in [5, 5.41) is 4.79. The molecule has 0 aliphatic heterocycles. The third-order valence-corrected chi connectivity index (χ3v) is 6.24. The summed E-state index contributed by atoms with van der Waals surface area (Å²) < 4.78 is 4.74. The molecule has 5 heterocycles. The second-order valence-corrected chi connectivity index (χ2v) is 8.09. The Bertz CT molecular complexity index is 1740. The first kappa shape index (κ1) is 16.6. The predicted octanol–water partition coefficient (Wildman–Crippen LogP) is 6.39. The van der Waals surface area contributed by atoms with Crippen molar-refractivity contribution in [3.8, 4) is 17.1 Å². The van der Waals surface area contributed by atoms with E-state index >= 15 is 0 Å². The van der Waals surface area contributed by atoms with Gasteiger partial charge in [-0.15, -0.1) is 0 Å². The molecule has 146 valence electrons. The van der Waals surface area contributed by atoms with E-state index < -0.39 is 0 Å². The Labute approximate surface area is 178 Å². The van der Waals surface area contributed by atoms with Crippen LogP contribution in [0.3, 0.4) is 0 Å². The van der Waals surface area contributed by atoms with Gasteiger partial charge in [0.05, 0.1) is 22.4 Å². The summed E-state index contributed by atoms with van der Waals surface area (Å²) >= 11 is 0. The highest BCUT2D eigenvalue weighted by Gasteiger charge is 2.23. The normalized spacial score (nSPS) is 12.0.